The molecule has 0 spiro atoms. The molecule has 2 aliphatic rings. The second kappa shape index (κ2) is 13.3. The van der Waals surface area contributed by atoms with Crippen LogP contribution in [0.2, 0.25) is 0 Å². The summed E-state index contributed by atoms with van der Waals surface area (Å²) in [6.07, 6.45) is 0.0391. The zero-order chi connectivity index (χ0) is 31.3. The van der Waals surface area contributed by atoms with Crippen LogP contribution in [0.1, 0.15) is 57.2 Å². The molecule has 7 N–H and O–H groups in total. The number of aromatic nitrogens is 4. The van der Waals surface area contributed by atoms with Crippen LogP contribution in [0, 0.1) is 0 Å². The van der Waals surface area contributed by atoms with Gasteiger partial charge >= 0.3 is 0 Å². The van der Waals surface area contributed by atoms with Crippen molar-refractivity contribution in [2.75, 3.05) is 23.7 Å². The van der Waals surface area contributed by atoms with Crippen molar-refractivity contribution in [3.05, 3.63) is 78.1 Å². The van der Waals surface area contributed by atoms with Gasteiger partial charge in [-0.15, -0.1) is 0 Å². The average Bonchev–Trinajstić information content (AvgIpc) is 3.62. The monoisotopic (exact) mass is 601 g/mol. The van der Waals surface area contributed by atoms with Crippen molar-refractivity contribution in [3.8, 4) is 0 Å². The number of nitrogens with one attached hydrogen (secondary N) is 3. The van der Waals surface area contributed by atoms with Crippen molar-refractivity contribution in [1.82, 2.24) is 24.8 Å². The van der Waals surface area contributed by atoms with E-state index >= 15 is 0 Å². The van der Waals surface area contributed by atoms with Gasteiger partial charge < -0.3 is 36.6 Å². The van der Waals surface area contributed by atoms with Gasteiger partial charge in [-0.3, -0.25) is 9.36 Å². The number of hydrogen-bond donors (Lipinski definition) is 6. The molecule has 232 valence electrons. The maximum absolute atomic E-state index is 12.6. The molecule has 4 aromatic rings. The van der Waals surface area contributed by atoms with E-state index in [1.807, 2.05) is 36.4 Å². The summed E-state index contributed by atoms with van der Waals surface area (Å²) in [5.74, 6) is 0.253. The Bertz CT molecular complexity index is 1540. The third-order valence-corrected chi connectivity index (χ3v) is 8.50. The molecule has 6 rings (SSSR count). The minimum absolute atomic E-state index is 0.0120. The predicted molar refractivity (Wildman–Crippen MR) is 167 cm³/mol. The van der Waals surface area contributed by atoms with Gasteiger partial charge in [-0.1, -0.05) is 73.5 Å². The first-order valence-electron chi connectivity index (χ1n) is 15.8. The molecule has 2 aromatic carbocycles. The largest absolute Gasteiger partial charge is 0.387 e. The lowest BCUT2D eigenvalue weighted by atomic mass is 9.91. The Morgan fingerprint density at radius 2 is 1.77 bits per heavy atom. The zero-order valence-corrected chi connectivity index (χ0v) is 24.4. The van der Waals surface area contributed by atoms with E-state index in [1.54, 1.807) is 0 Å². The molecule has 44 heavy (non-hydrogen) atoms. The normalized spacial score (nSPS) is 25.6. The molecule has 0 radical (unpaired) electrons. The highest BCUT2D eigenvalue weighted by Crippen LogP contribution is 2.34. The highest BCUT2D eigenvalue weighted by molar-refractivity contribution is 5.85. The lowest BCUT2D eigenvalue weighted by molar-refractivity contribution is -0.137. The summed E-state index contributed by atoms with van der Waals surface area (Å²) in [5.41, 5.74) is 9.54. The number of nitrogens with zero attached hydrogens (tertiary/aromatic N) is 4. The molecule has 3 heterocycles. The molecule has 0 unspecified atom stereocenters. The van der Waals surface area contributed by atoms with E-state index < -0.39 is 30.4 Å². The fourth-order valence-electron chi connectivity index (χ4n) is 6.12. The molecule has 12 heteroatoms. The van der Waals surface area contributed by atoms with Crippen LogP contribution < -0.4 is 21.7 Å². The number of likely N-dealkylation sites (N-methyl/N-ethyl adjacent to an activating group) is 1. The molecule has 12 nitrogen and oxygen atoms in total. The van der Waals surface area contributed by atoms with Gasteiger partial charge in [-0.2, -0.15) is 9.97 Å². The van der Waals surface area contributed by atoms with Crippen LogP contribution in [0.4, 0.5) is 11.8 Å². The zero-order valence-electron chi connectivity index (χ0n) is 25.4. The number of fused-ring (bicyclic) bond motifs is 1. The summed E-state index contributed by atoms with van der Waals surface area (Å²) >= 11 is 0. The van der Waals surface area contributed by atoms with E-state index in [0.717, 1.165) is 36.8 Å². The number of benzene rings is 2. The van der Waals surface area contributed by atoms with E-state index in [9.17, 15) is 15.0 Å². The van der Waals surface area contributed by atoms with Gasteiger partial charge in [0.25, 0.3) is 5.91 Å². The Balaban J connectivity index is 1.35. The molecule has 0 bridgehead atoms. The standard InChI is InChI=1S/C32H40N8O4/c1-2-34-30(43)27-25(41)26(42)31(44-27)40-18-36-24-28(38-32(39-29(24)40)37-23-16-10-9-15-22(23)33)35-17-21(19-11-5-3-6-12-19)20-13-7-4-8-14-20/h3-8,11-14,18,21-23,25-27,31,41-42H,2,9-10,15-17,33H2,1H3,(H,34,43)(H2,35,37,38,39)/t22-,23-,25+,26-,27+,31-/m1/s1/i1D. The molecule has 1 saturated carbocycles. The minimum atomic E-state index is -1.48. The third kappa shape index (κ3) is 6.11. The van der Waals surface area contributed by atoms with Crippen molar-refractivity contribution < 1.29 is 21.1 Å². The molecular weight excluding hydrogens is 560 g/mol. The van der Waals surface area contributed by atoms with Crippen LogP contribution >= 0.6 is 0 Å². The minimum Gasteiger partial charge on any atom is -0.387 e. The maximum atomic E-state index is 12.6. The first-order valence-corrected chi connectivity index (χ1v) is 15.1. The number of hydrogen-bond acceptors (Lipinski definition) is 10. The number of amides is 1. The van der Waals surface area contributed by atoms with Crippen molar-refractivity contribution >= 4 is 28.8 Å². The maximum Gasteiger partial charge on any atom is 0.252 e. The van der Waals surface area contributed by atoms with Gasteiger partial charge in [0.05, 0.1) is 6.33 Å². The Kier molecular flexibility index (Phi) is 8.64. The summed E-state index contributed by atoms with van der Waals surface area (Å²) < 4.78 is 14.7. The fraction of sp³-hybridized carbons (Fsp3) is 0.438. The van der Waals surface area contributed by atoms with Crippen LogP contribution in [-0.2, 0) is 9.53 Å². The Morgan fingerprint density at radius 3 is 2.45 bits per heavy atom. The summed E-state index contributed by atoms with van der Waals surface area (Å²) in [7, 11) is 0. The molecule has 1 aliphatic heterocycles. The summed E-state index contributed by atoms with van der Waals surface area (Å²) in [5, 5.41) is 31.2. The lowest BCUT2D eigenvalue weighted by Gasteiger charge is -2.29. The molecule has 1 aliphatic carbocycles. The molecule has 2 fully saturated rings. The van der Waals surface area contributed by atoms with Crippen molar-refractivity contribution in [2.45, 2.75) is 75.1 Å². The van der Waals surface area contributed by atoms with Gasteiger partial charge in [0.1, 0.15) is 12.2 Å². The first-order chi connectivity index (χ1) is 21.9. The van der Waals surface area contributed by atoms with Crippen molar-refractivity contribution in [3.63, 3.8) is 0 Å². The number of nitrogens with two attached hydrogens (primary N) is 1. The van der Waals surface area contributed by atoms with Gasteiger partial charge in [0, 0.05) is 32.5 Å². The molecule has 1 amide bonds. The lowest BCUT2D eigenvalue weighted by Crippen LogP contribution is -2.43. The SMILES string of the molecule is [2H]CCNC(=O)[C@H]1O[C@@H](n2cnc3c(NCC(c4ccccc4)c4ccccc4)nc(N[C@@H]4CCCC[C@H]4N)nc32)[C@H](O)[C@@H]1O. The third-order valence-electron chi connectivity index (χ3n) is 8.50. The van der Waals surface area contributed by atoms with Gasteiger partial charge in [0.15, 0.2) is 29.3 Å². The van der Waals surface area contributed by atoms with E-state index in [1.165, 1.54) is 10.9 Å². The van der Waals surface area contributed by atoms with Gasteiger partial charge in [-0.05, 0) is 30.9 Å². The van der Waals surface area contributed by atoms with E-state index in [-0.39, 0.29) is 31.4 Å². The average molecular weight is 602 g/mol. The number of carbonyl (C=O) groups excluding carboxylic acids is 1. The van der Waals surface area contributed by atoms with Crippen molar-refractivity contribution in [2.24, 2.45) is 5.73 Å². The van der Waals surface area contributed by atoms with Crippen LogP contribution in [0.5, 0.6) is 0 Å². The van der Waals surface area contributed by atoms with Crippen LogP contribution in [0.15, 0.2) is 67.0 Å². The first kappa shape index (κ1) is 28.7. The highest BCUT2D eigenvalue weighted by atomic mass is 16.6. The number of imidazole rings is 1. The van der Waals surface area contributed by atoms with E-state index in [0.29, 0.717) is 29.5 Å². The Morgan fingerprint density at radius 1 is 1.07 bits per heavy atom. The number of rotatable bonds is 10. The summed E-state index contributed by atoms with van der Waals surface area (Å²) in [6, 6.07) is 20.4. The number of ether oxygens (including phenoxy) is 1. The molecular formula is C32H40N8O4. The summed E-state index contributed by atoms with van der Waals surface area (Å²) in [4.78, 5) is 26.8. The topological polar surface area (TPSA) is 172 Å². The number of aliphatic hydroxyl groups is 2. The Hall–Kier alpha value is -4.10. The quantitative estimate of drug-likeness (QED) is 0.159. The van der Waals surface area contributed by atoms with Crippen LogP contribution in [0.3, 0.4) is 0 Å². The van der Waals surface area contributed by atoms with Gasteiger partial charge in [-0.25, -0.2) is 4.98 Å². The van der Waals surface area contributed by atoms with Crippen LogP contribution in [-0.4, -0.2) is 79.1 Å². The Labute approximate surface area is 257 Å². The fourth-order valence-corrected chi connectivity index (χ4v) is 6.12. The smallest absolute Gasteiger partial charge is 0.252 e. The van der Waals surface area contributed by atoms with Crippen LogP contribution in [0.25, 0.3) is 11.2 Å². The second-order valence-electron chi connectivity index (χ2n) is 11.4. The molecule has 6 atom stereocenters. The number of aliphatic hydroxyl groups excluding tert-OH is 2. The molecule has 1 saturated heterocycles. The number of carbonyl (C=O) groups is 1. The van der Waals surface area contributed by atoms with Crippen molar-refractivity contribution in [1.29, 1.82) is 0 Å². The highest BCUT2D eigenvalue weighted by Gasteiger charge is 2.47. The summed E-state index contributed by atoms with van der Waals surface area (Å²) in [6.45, 7) is 0.595. The second-order valence-corrected chi connectivity index (χ2v) is 11.4. The van der Waals surface area contributed by atoms with E-state index in [2.05, 4.69) is 45.2 Å². The number of anilines is 2. The molecule has 2 aromatic heterocycles. The van der Waals surface area contributed by atoms with E-state index in [4.69, 9.17) is 21.8 Å². The predicted octanol–water partition coefficient (Wildman–Crippen LogP) is 2.51. The van der Waals surface area contributed by atoms with Gasteiger partial charge in [0.2, 0.25) is 5.95 Å².